The molecule has 1 spiro atoms. The van der Waals surface area contributed by atoms with Gasteiger partial charge in [-0.05, 0) is 116 Å². The zero-order valence-corrected chi connectivity index (χ0v) is 40.6. The molecule has 13 heteroatoms. The second-order valence-electron chi connectivity index (χ2n) is 24.0. The first-order valence-corrected chi connectivity index (χ1v) is 26.1. The standard InChI is InChI=1S/C54H80N2O11/c1-6-55-27-32-23-48(3)15-13-37(32)54(47(62)30(48)2)52(64,18-19-57)46-42(67-54)24-53(65)39-22-41(61)45-44-36-20-34(59)21-40(60)35(36)12-17-51(44,63)43(25-49(45,4)38(39)14-16-50(46,53)5)66-29-31(28-58)26-56-33-10-8-7-9-11-33/h20-23,30-31,33,37-38,42-47,55-60,62-65H,6-19,24-29H2,1-5H3. The molecular formula is C54H80N2O11. The highest BCUT2D eigenvalue weighted by Crippen LogP contribution is 2.76. The summed E-state index contributed by atoms with van der Waals surface area (Å²) < 4.78 is 14.3. The lowest BCUT2D eigenvalue weighted by Gasteiger charge is -2.65. The number of hydrogen-bond donors (Lipinski definition) is 10. The Hall–Kier alpha value is -2.43. The number of carbonyl (C=O) groups excluding carboxylic acids is 1. The monoisotopic (exact) mass is 933 g/mol. The minimum Gasteiger partial charge on any atom is -0.508 e. The van der Waals surface area contributed by atoms with E-state index in [1.807, 2.05) is 13.8 Å². The van der Waals surface area contributed by atoms with Crippen molar-refractivity contribution in [1.29, 1.82) is 0 Å². The number of carbonyl (C=O) groups is 1. The van der Waals surface area contributed by atoms with E-state index >= 15 is 4.79 Å². The average molecular weight is 933 g/mol. The molecular weight excluding hydrogens is 853 g/mol. The molecule has 0 aromatic heterocycles. The third-order valence-electron chi connectivity index (χ3n) is 20.9. The molecule has 0 amide bonds. The molecule has 2 bridgehead atoms. The van der Waals surface area contributed by atoms with Crippen molar-refractivity contribution in [3.8, 4) is 11.5 Å². The number of likely N-dealkylation sites (N-methyl/N-ethyl adjacent to an activating group) is 1. The van der Waals surface area contributed by atoms with Crippen LogP contribution in [-0.4, -0.2) is 133 Å². The summed E-state index contributed by atoms with van der Waals surface area (Å²) in [5, 5.41) is 104. The van der Waals surface area contributed by atoms with Crippen molar-refractivity contribution in [2.24, 2.45) is 51.8 Å². The summed E-state index contributed by atoms with van der Waals surface area (Å²) in [6.07, 6.45) is 10.6. The number of phenols is 2. The van der Waals surface area contributed by atoms with E-state index in [4.69, 9.17) is 9.47 Å². The fourth-order valence-electron chi connectivity index (χ4n) is 17.4. The van der Waals surface area contributed by atoms with Gasteiger partial charge in [0.15, 0.2) is 5.78 Å². The molecule has 10 aliphatic rings. The lowest BCUT2D eigenvalue weighted by molar-refractivity contribution is -0.247. The SMILES string of the molecule is CCNCC1=CC2(C)CCC1C1(OC3CC4(O)C5=CC(=O)C6C7c8cc(O)cc(O)c8CCC7(O)C(OCC(CO)CNC7CCCCC7)CC6(C)C5CCC4(C)C3C1(O)CCO)C(O)C2C. The van der Waals surface area contributed by atoms with Crippen molar-refractivity contribution in [3.63, 3.8) is 0 Å². The van der Waals surface area contributed by atoms with E-state index in [0.717, 1.165) is 31.4 Å². The fraction of sp³-hybridized carbons (Fsp3) is 0.796. The summed E-state index contributed by atoms with van der Waals surface area (Å²) in [6, 6.07) is 3.28. The van der Waals surface area contributed by atoms with Gasteiger partial charge in [-0.2, -0.15) is 0 Å². The maximum absolute atomic E-state index is 15.4. The third kappa shape index (κ3) is 6.71. The highest BCUT2D eigenvalue weighted by Gasteiger charge is 2.82. The van der Waals surface area contributed by atoms with Crippen LogP contribution < -0.4 is 10.6 Å². The Morgan fingerprint density at radius 3 is 2.40 bits per heavy atom. The normalized spacial score (nSPS) is 47.0. The first-order valence-electron chi connectivity index (χ1n) is 26.1. The second kappa shape index (κ2) is 16.8. The van der Waals surface area contributed by atoms with Gasteiger partial charge in [-0.1, -0.05) is 65.5 Å². The molecule has 17 unspecified atom stereocenters. The lowest BCUT2D eigenvalue weighted by Crippen LogP contribution is -2.70. The number of hydrogen-bond acceptors (Lipinski definition) is 13. The number of fused-ring (bicyclic) bond motifs is 13. The predicted octanol–water partition coefficient (Wildman–Crippen LogP) is 4.69. The number of aromatic hydroxyl groups is 2. The van der Waals surface area contributed by atoms with Crippen LogP contribution in [0.25, 0.3) is 0 Å². The van der Waals surface area contributed by atoms with E-state index in [1.54, 1.807) is 12.1 Å². The number of ketones is 1. The predicted molar refractivity (Wildman–Crippen MR) is 251 cm³/mol. The average Bonchev–Trinajstić information content (AvgIpc) is 3.64. The number of nitrogens with one attached hydrogen (secondary N) is 2. The first-order chi connectivity index (χ1) is 31.8. The van der Waals surface area contributed by atoms with E-state index in [1.165, 1.54) is 25.3 Å². The summed E-state index contributed by atoms with van der Waals surface area (Å²) in [7, 11) is 0. The zero-order chi connectivity index (χ0) is 47.7. The summed E-state index contributed by atoms with van der Waals surface area (Å²) in [5.74, 6) is -3.99. The Balaban J connectivity index is 1.03. The number of phenolic OH excluding ortho intramolecular Hbond substituents is 2. The van der Waals surface area contributed by atoms with Crippen LogP contribution in [0.3, 0.4) is 0 Å². The molecule has 1 saturated heterocycles. The van der Waals surface area contributed by atoms with Crippen molar-refractivity contribution < 1.29 is 55.1 Å². The van der Waals surface area contributed by atoms with Crippen molar-refractivity contribution in [2.75, 3.05) is 39.5 Å². The molecule has 13 nitrogen and oxygen atoms in total. The smallest absolute Gasteiger partial charge is 0.160 e. The van der Waals surface area contributed by atoms with Gasteiger partial charge in [0.2, 0.25) is 0 Å². The Labute approximate surface area is 396 Å². The minimum atomic E-state index is -1.74. The van der Waals surface area contributed by atoms with Crippen LogP contribution in [0.5, 0.6) is 11.5 Å². The fourth-order valence-corrected chi connectivity index (χ4v) is 17.4. The lowest BCUT2D eigenvalue weighted by atomic mass is 9.41. The Bertz CT molecular complexity index is 2160. The number of ether oxygens (including phenoxy) is 2. The van der Waals surface area contributed by atoms with Gasteiger partial charge >= 0.3 is 0 Å². The van der Waals surface area contributed by atoms with E-state index < -0.39 is 69.3 Å². The van der Waals surface area contributed by atoms with E-state index in [9.17, 15) is 40.9 Å². The molecule has 17 atom stereocenters. The number of rotatable bonds is 12. The van der Waals surface area contributed by atoms with Crippen molar-refractivity contribution >= 4 is 5.78 Å². The molecule has 1 aliphatic heterocycles. The van der Waals surface area contributed by atoms with Crippen LogP contribution >= 0.6 is 0 Å². The number of allylic oxidation sites excluding steroid dienone is 2. The highest BCUT2D eigenvalue weighted by atomic mass is 16.6. The van der Waals surface area contributed by atoms with Crippen molar-refractivity contribution in [1.82, 2.24) is 10.6 Å². The topological polar surface area (TPSA) is 221 Å². The second-order valence-corrected chi connectivity index (χ2v) is 24.0. The molecule has 11 rings (SSSR count). The van der Waals surface area contributed by atoms with Gasteiger partial charge in [0.1, 0.15) is 22.7 Å². The molecule has 67 heavy (non-hydrogen) atoms. The van der Waals surface area contributed by atoms with Gasteiger partial charge in [0.05, 0.1) is 36.1 Å². The summed E-state index contributed by atoms with van der Waals surface area (Å²) in [5.41, 5.74) is -5.75. The highest BCUT2D eigenvalue weighted by molar-refractivity contribution is 5.96. The summed E-state index contributed by atoms with van der Waals surface area (Å²) in [4.78, 5) is 15.4. The van der Waals surface area contributed by atoms with Crippen molar-refractivity contribution in [3.05, 3.63) is 46.6 Å². The van der Waals surface area contributed by atoms with Crippen LogP contribution in [0.2, 0.25) is 0 Å². The quantitative estimate of drug-likeness (QED) is 0.129. The van der Waals surface area contributed by atoms with E-state index in [-0.39, 0.29) is 85.5 Å². The molecule has 372 valence electrons. The maximum Gasteiger partial charge on any atom is 0.160 e. The minimum absolute atomic E-state index is 0.0457. The summed E-state index contributed by atoms with van der Waals surface area (Å²) in [6.45, 7) is 12.0. The Morgan fingerprint density at radius 1 is 0.940 bits per heavy atom. The van der Waals surface area contributed by atoms with Crippen LogP contribution in [-0.2, 0) is 20.7 Å². The first kappa shape index (κ1) is 48.2. The van der Waals surface area contributed by atoms with Gasteiger partial charge in [0, 0.05) is 86.3 Å². The van der Waals surface area contributed by atoms with Gasteiger partial charge < -0.3 is 61.0 Å². The molecule has 9 aliphatic carbocycles. The summed E-state index contributed by atoms with van der Waals surface area (Å²) >= 11 is 0. The number of aliphatic hydroxyl groups is 6. The molecule has 6 fully saturated rings. The molecule has 1 aromatic carbocycles. The van der Waals surface area contributed by atoms with Crippen LogP contribution in [0.1, 0.15) is 135 Å². The molecule has 10 N–H and O–H groups in total. The van der Waals surface area contributed by atoms with E-state index in [2.05, 4.69) is 37.5 Å². The Morgan fingerprint density at radius 2 is 1.69 bits per heavy atom. The number of aliphatic hydroxyl groups excluding tert-OH is 3. The van der Waals surface area contributed by atoms with Crippen LogP contribution in [0.4, 0.5) is 0 Å². The van der Waals surface area contributed by atoms with Gasteiger partial charge in [-0.25, -0.2) is 0 Å². The maximum atomic E-state index is 15.4. The third-order valence-corrected chi connectivity index (χ3v) is 20.9. The molecule has 0 radical (unpaired) electrons. The molecule has 1 aromatic rings. The van der Waals surface area contributed by atoms with Gasteiger partial charge in [-0.15, -0.1) is 0 Å². The van der Waals surface area contributed by atoms with Crippen LogP contribution in [0, 0.1) is 51.8 Å². The molecule has 5 saturated carbocycles. The van der Waals surface area contributed by atoms with Crippen molar-refractivity contribution in [2.45, 2.75) is 177 Å². The van der Waals surface area contributed by atoms with Gasteiger partial charge in [0.25, 0.3) is 0 Å². The molecule has 1 heterocycles. The van der Waals surface area contributed by atoms with E-state index in [0.29, 0.717) is 67.9 Å². The zero-order valence-electron chi connectivity index (χ0n) is 40.6. The number of benzene rings is 1. The van der Waals surface area contributed by atoms with Crippen LogP contribution in [0.15, 0.2) is 35.4 Å². The van der Waals surface area contributed by atoms with Gasteiger partial charge in [-0.3, -0.25) is 4.79 Å². The Kier molecular flexibility index (Phi) is 12.1. The largest absolute Gasteiger partial charge is 0.508 e.